The number of nitrogen functional groups attached to an aromatic ring is 1. The molecule has 0 saturated heterocycles. The third-order valence-corrected chi connectivity index (χ3v) is 2.42. The summed E-state index contributed by atoms with van der Waals surface area (Å²) in [7, 11) is 1.88. The SMILES string of the molecule is Cn1cc(CCNc2cc(N)cc(F)c2)cn1. The summed E-state index contributed by atoms with van der Waals surface area (Å²) >= 11 is 0. The molecule has 2 rings (SSSR count). The number of nitrogens with zero attached hydrogens (tertiary/aromatic N) is 2. The number of hydrogen-bond donors (Lipinski definition) is 2. The van der Waals surface area contributed by atoms with Crippen molar-refractivity contribution < 1.29 is 4.39 Å². The van der Waals surface area contributed by atoms with Crippen LogP contribution in [0.2, 0.25) is 0 Å². The van der Waals surface area contributed by atoms with E-state index in [0.717, 1.165) is 12.0 Å². The highest BCUT2D eigenvalue weighted by molar-refractivity contribution is 5.54. The fourth-order valence-electron chi connectivity index (χ4n) is 1.67. The summed E-state index contributed by atoms with van der Waals surface area (Å²) in [4.78, 5) is 0. The highest BCUT2D eigenvalue weighted by Gasteiger charge is 1.99. The second-order valence-corrected chi connectivity index (χ2v) is 3.97. The molecule has 0 atom stereocenters. The summed E-state index contributed by atoms with van der Waals surface area (Å²) in [5, 5.41) is 7.21. The van der Waals surface area contributed by atoms with Gasteiger partial charge in [0.25, 0.3) is 0 Å². The Labute approximate surface area is 99.2 Å². The third-order valence-electron chi connectivity index (χ3n) is 2.42. The number of anilines is 2. The minimum atomic E-state index is -0.325. The van der Waals surface area contributed by atoms with Gasteiger partial charge in [-0.3, -0.25) is 4.68 Å². The molecule has 4 nitrogen and oxygen atoms in total. The monoisotopic (exact) mass is 234 g/mol. The van der Waals surface area contributed by atoms with Crippen LogP contribution in [0.25, 0.3) is 0 Å². The van der Waals surface area contributed by atoms with Gasteiger partial charge in [0, 0.05) is 31.2 Å². The van der Waals surface area contributed by atoms with Crippen LogP contribution in [0.1, 0.15) is 5.56 Å². The van der Waals surface area contributed by atoms with Crippen molar-refractivity contribution in [2.45, 2.75) is 6.42 Å². The Bertz CT molecular complexity index is 487. The minimum absolute atomic E-state index is 0.325. The number of aromatic nitrogens is 2. The van der Waals surface area contributed by atoms with Gasteiger partial charge in [0.2, 0.25) is 0 Å². The van der Waals surface area contributed by atoms with Crippen LogP contribution in [0.3, 0.4) is 0 Å². The van der Waals surface area contributed by atoms with Crippen LogP contribution in [-0.4, -0.2) is 16.3 Å². The summed E-state index contributed by atoms with van der Waals surface area (Å²) < 4.78 is 14.8. The van der Waals surface area contributed by atoms with Crippen molar-refractivity contribution in [1.82, 2.24) is 9.78 Å². The predicted octanol–water partition coefficient (Wildman–Crippen LogP) is 1.80. The van der Waals surface area contributed by atoms with Crippen LogP contribution < -0.4 is 11.1 Å². The standard InChI is InChI=1S/C12H15FN4/c1-17-8-9(7-16-17)2-3-15-12-5-10(13)4-11(14)6-12/h4-8,15H,2-3,14H2,1H3. The predicted molar refractivity (Wildman–Crippen MR) is 66.2 cm³/mol. The van der Waals surface area contributed by atoms with Gasteiger partial charge in [-0.15, -0.1) is 0 Å². The largest absolute Gasteiger partial charge is 0.399 e. The Kier molecular flexibility index (Phi) is 3.27. The highest BCUT2D eigenvalue weighted by Crippen LogP contribution is 2.15. The van der Waals surface area contributed by atoms with Crippen molar-refractivity contribution in [2.75, 3.05) is 17.6 Å². The number of nitrogens with one attached hydrogen (secondary N) is 1. The second kappa shape index (κ2) is 4.86. The van der Waals surface area contributed by atoms with Gasteiger partial charge < -0.3 is 11.1 Å². The summed E-state index contributed by atoms with van der Waals surface area (Å²) in [6.45, 7) is 0.717. The van der Waals surface area contributed by atoms with E-state index in [9.17, 15) is 4.39 Å². The Hall–Kier alpha value is -2.04. The summed E-state index contributed by atoms with van der Waals surface area (Å²) in [6.07, 6.45) is 4.62. The Morgan fingerprint density at radius 1 is 1.41 bits per heavy atom. The lowest BCUT2D eigenvalue weighted by atomic mass is 10.2. The zero-order valence-corrected chi connectivity index (χ0v) is 9.65. The first-order chi connectivity index (χ1) is 8.13. The average molecular weight is 234 g/mol. The molecule has 0 bridgehead atoms. The Morgan fingerprint density at radius 2 is 2.24 bits per heavy atom. The maximum atomic E-state index is 13.0. The van der Waals surface area contributed by atoms with Crippen molar-refractivity contribution in [2.24, 2.45) is 7.05 Å². The van der Waals surface area contributed by atoms with Gasteiger partial charge in [-0.25, -0.2) is 4.39 Å². The topological polar surface area (TPSA) is 55.9 Å². The molecule has 2 aromatic rings. The lowest BCUT2D eigenvalue weighted by molar-refractivity contribution is 0.629. The van der Waals surface area contributed by atoms with Crippen molar-refractivity contribution in [3.63, 3.8) is 0 Å². The lowest BCUT2D eigenvalue weighted by Crippen LogP contribution is -2.05. The average Bonchev–Trinajstić information content (AvgIpc) is 2.63. The van der Waals surface area contributed by atoms with Gasteiger partial charge in [0.1, 0.15) is 5.82 Å². The van der Waals surface area contributed by atoms with E-state index in [2.05, 4.69) is 10.4 Å². The van der Waals surface area contributed by atoms with Crippen LogP contribution >= 0.6 is 0 Å². The molecule has 0 spiro atoms. The molecular weight excluding hydrogens is 219 g/mol. The zero-order chi connectivity index (χ0) is 12.3. The third kappa shape index (κ3) is 3.21. The maximum Gasteiger partial charge on any atom is 0.127 e. The normalized spacial score (nSPS) is 10.5. The molecule has 1 aromatic carbocycles. The van der Waals surface area contributed by atoms with E-state index in [4.69, 9.17) is 5.73 Å². The number of aryl methyl sites for hydroxylation is 1. The van der Waals surface area contributed by atoms with E-state index < -0.39 is 0 Å². The van der Waals surface area contributed by atoms with Gasteiger partial charge in [-0.2, -0.15) is 5.10 Å². The molecule has 0 aliphatic carbocycles. The minimum Gasteiger partial charge on any atom is -0.399 e. The van der Waals surface area contributed by atoms with Crippen molar-refractivity contribution in [3.8, 4) is 0 Å². The molecule has 0 fully saturated rings. The first-order valence-corrected chi connectivity index (χ1v) is 5.41. The fourth-order valence-corrected chi connectivity index (χ4v) is 1.67. The molecular formula is C12H15FN4. The molecule has 0 unspecified atom stereocenters. The van der Waals surface area contributed by atoms with Gasteiger partial charge in [0.15, 0.2) is 0 Å². The molecule has 1 aromatic heterocycles. The van der Waals surface area contributed by atoms with Crippen molar-refractivity contribution in [3.05, 3.63) is 42.0 Å². The summed E-state index contributed by atoms with van der Waals surface area (Å²) in [5.74, 6) is -0.325. The number of hydrogen-bond acceptors (Lipinski definition) is 3. The quantitative estimate of drug-likeness (QED) is 0.793. The van der Waals surface area contributed by atoms with Crippen LogP contribution in [0, 0.1) is 5.82 Å². The maximum absolute atomic E-state index is 13.0. The van der Waals surface area contributed by atoms with Gasteiger partial charge in [-0.1, -0.05) is 0 Å². The number of halogens is 1. The first kappa shape index (κ1) is 11.4. The number of benzene rings is 1. The van der Waals surface area contributed by atoms with E-state index in [1.165, 1.54) is 12.1 Å². The van der Waals surface area contributed by atoms with Crippen molar-refractivity contribution in [1.29, 1.82) is 0 Å². The molecule has 17 heavy (non-hydrogen) atoms. The van der Waals surface area contributed by atoms with E-state index in [1.54, 1.807) is 10.7 Å². The highest BCUT2D eigenvalue weighted by atomic mass is 19.1. The molecule has 90 valence electrons. The molecule has 3 N–H and O–H groups in total. The van der Waals surface area contributed by atoms with E-state index in [1.807, 2.05) is 19.4 Å². The first-order valence-electron chi connectivity index (χ1n) is 5.41. The van der Waals surface area contributed by atoms with Gasteiger partial charge >= 0.3 is 0 Å². The smallest absolute Gasteiger partial charge is 0.127 e. The molecule has 1 heterocycles. The Balaban J connectivity index is 1.89. The molecule has 5 heteroatoms. The van der Waals surface area contributed by atoms with Crippen LogP contribution in [-0.2, 0) is 13.5 Å². The molecule has 0 saturated carbocycles. The molecule has 0 amide bonds. The van der Waals surface area contributed by atoms with Crippen LogP contribution in [0.15, 0.2) is 30.6 Å². The van der Waals surface area contributed by atoms with Crippen LogP contribution in [0.5, 0.6) is 0 Å². The van der Waals surface area contributed by atoms with Gasteiger partial charge in [-0.05, 0) is 30.2 Å². The number of rotatable bonds is 4. The lowest BCUT2D eigenvalue weighted by Gasteiger charge is -2.06. The molecule has 0 radical (unpaired) electrons. The summed E-state index contributed by atoms with van der Waals surface area (Å²) in [5.41, 5.74) is 7.82. The fraction of sp³-hybridized carbons (Fsp3) is 0.250. The number of nitrogens with two attached hydrogens (primary N) is 1. The Morgan fingerprint density at radius 3 is 2.88 bits per heavy atom. The summed E-state index contributed by atoms with van der Waals surface area (Å²) in [6, 6.07) is 4.44. The van der Waals surface area contributed by atoms with E-state index in [-0.39, 0.29) is 5.82 Å². The van der Waals surface area contributed by atoms with E-state index >= 15 is 0 Å². The zero-order valence-electron chi connectivity index (χ0n) is 9.65. The van der Waals surface area contributed by atoms with Crippen molar-refractivity contribution >= 4 is 11.4 Å². The second-order valence-electron chi connectivity index (χ2n) is 3.97. The molecule has 0 aliphatic heterocycles. The van der Waals surface area contributed by atoms with Crippen LogP contribution in [0.4, 0.5) is 15.8 Å². The van der Waals surface area contributed by atoms with Gasteiger partial charge in [0.05, 0.1) is 6.20 Å². The van der Waals surface area contributed by atoms with E-state index in [0.29, 0.717) is 17.9 Å². The molecule has 0 aliphatic rings.